The van der Waals surface area contributed by atoms with E-state index in [1.165, 1.54) is 5.56 Å². The molecule has 0 aliphatic carbocycles. The molecule has 1 aromatic heterocycles. The molecular formula is C19H19Cl2N3OS. The van der Waals surface area contributed by atoms with Crippen molar-refractivity contribution in [1.29, 1.82) is 0 Å². The van der Waals surface area contributed by atoms with Crippen LogP contribution in [0.25, 0.3) is 0 Å². The lowest BCUT2D eigenvalue weighted by molar-refractivity contribution is 0.210. The van der Waals surface area contributed by atoms with Gasteiger partial charge in [0.25, 0.3) is 0 Å². The highest BCUT2D eigenvalue weighted by Crippen LogP contribution is 2.30. The monoisotopic (exact) mass is 407 g/mol. The minimum Gasteiger partial charge on any atom is -0.481 e. The van der Waals surface area contributed by atoms with E-state index >= 15 is 0 Å². The summed E-state index contributed by atoms with van der Waals surface area (Å²) in [5, 5.41) is 10.9. The number of aromatic nitrogens is 3. The van der Waals surface area contributed by atoms with Gasteiger partial charge in [-0.15, -0.1) is 10.2 Å². The Kier molecular flexibility index (Phi) is 6.46. The van der Waals surface area contributed by atoms with Crippen LogP contribution in [0.2, 0.25) is 10.0 Å². The predicted octanol–water partition coefficient (Wildman–Crippen LogP) is 6.04. The maximum atomic E-state index is 6.18. The van der Waals surface area contributed by atoms with E-state index in [1.54, 1.807) is 11.8 Å². The Morgan fingerprint density at radius 3 is 2.50 bits per heavy atom. The van der Waals surface area contributed by atoms with Crippen LogP contribution in [-0.2, 0) is 12.3 Å². The van der Waals surface area contributed by atoms with Crippen molar-refractivity contribution in [3.05, 3.63) is 70.0 Å². The lowest BCUT2D eigenvalue weighted by atomic mass is 10.2. The van der Waals surface area contributed by atoms with Crippen LogP contribution in [0.15, 0.2) is 53.7 Å². The molecule has 0 radical (unpaired) electrons. The van der Waals surface area contributed by atoms with Crippen molar-refractivity contribution in [1.82, 2.24) is 14.8 Å². The Morgan fingerprint density at radius 1 is 1.08 bits per heavy atom. The highest BCUT2D eigenvalue weighted by atomic mass is 35.5. The molecule has 2 aromatic carbocycles. The molecule has 0 N–H and O–H groups in total. The van der Waals surface area contributed by atoms with Gasteiger partial charge in [-0.3, -0.25) is 0 Å². The summed E-state index contributed by atoms with van der Waals surface area (Å²) in [6, 6.07) is 15.3. The third kappa shape index (κ3) is 4.53. The van der Waals surface area contributed by atoms with Gasteiger partial charge < -0.3 is 9.30 Å². The third-order valence-corrected chi connectivity index (χ3v) is 5.45. The number of hydrogen-bond acceptors (Lipinski definition) is 4. The molecule has 0 saturated carbocycles. The summed E-state index contributed by atoms with van der Waals surface area (Å²) in [6.07, 6.45) is -0.257. The van der Waals surface area contributed by atoms with Crippen LogP contribution in [0.1, 0.15) is 31.3 Å². The normalized spacial score (nSPS) is 12.2. The Labute approximate surface area is 167 Å². The molecule has 0 aliphatic heterocycles. The van der Waals surface area contributed by atoms with Gasteiger partial charge in [-0.25, -0.2) is 0 Å². The lowest BCUT2D eigenvalue weighted by Crippen LogP contribution is -2.12. The molecule has 0 bridgehead atoms. The van der Waals surface area contributed by atoms with Crippen LogP contribution in [-0.4, -0.2) is 14.8 Å². The van der Waals surface area contributed by atoms with Gasteiger partial charge >= 0.3 is 0 Å². The second kappa shape index (κ2) is 8.80. The molecule has 1 heterocycles. The zero-order valence-corrected chi connectivity index (χ0v) is 16.9. The van der Waals surface area contributed by atoms with Crippen molar-refractivity contribution in [2.24, 2.45) is 0 Å². The minimum atomic E-state index is -0.257. The fourth-order valence-corrected chi connectivity index (χ4v) is 3.79. The van der Waals surface area contributed by atoms with Gasteiger partial charge in [0.05, 0.1) is 5.02 Å². The Balaban J connectivity index is 1.72. The molecule has 7 heteroatoms. The van der Waals surface area contributed by atoms with Crippen LogP contribution in [0.5, 0.6) is 5.75 Å². The first kappa shape index (κ1) is 19.1. The van der Waals surface area contributed by atoms with Crippen LogP contribution in [0.3, 0.4) is 0 Å². The molecule has 0 saturated heterocycles. The Bertz CT molecular complexity index is 867. The summed E-state index contributed by atoms with van der Waals surface area (Å²) in [5.74, 6) is 2.23. The molecule has 3 aromatic rings. The van der Waals surface area contributed by atoms with Gasteiger partial charge in [0.2, 0.25) is 0 Å². The number of benzene rings is 2. The molecular weight excluding hydrogens is 389 g/mol. The predicted molar refractivity (Wildman–Crippen MR) is 107 cm³/mol. The lowest BCUT2D eigenvalue weighted by Gasteiger charge is -2.16. The molecule has 1 unspecified atom stereocenters. The van der Waals surface area contributed by atoms with Crippen LogP contribution < -0.4 is 4.74 Å². The van der Waals surface area contributed by atoms with E-state index in [9.17, 15) is 0 Å². The van der Waals surface area contributed by atoms with E-state index < -0.39 is 0 Å². The molecule has 26 heavy (non-hydrogen) atoms. The average molecular weight is 408 g/mol. The fourth-order valence-electron chi connectivity index (χ4n) is 2.52. The second-order valence-electron chi connectivity index (χ2n) is 5.69. The average Bonchev–Trinajstić information content (AvgIpc) is 3.06. The topological polar surface area (TPSA) is 39.9 Å². The second-order valence-corrected chi connectivity index (χ2v) is 7.48. The van der Waals surface area contributed by atoms with Crippen molar-refractivity contribution in [2.45, 2.75) is 37.4 Å². The van der Waals surface area contributed by atoms with Crippen molar-refractivity contribution in [3.63, 3.8) is 0 Å². The molecule has 4 nitrogen and oxygen atoms in total. The fraction of sp³-hybridized carbons (Fsp3) is 0.263. The summed E-state index contributed by atoms with van der Waals surface area (Å²) in [7, 11) is 0. The van der Waals surface area contributed by atoms with E-state index in [0.717, 1.165) is 28.3 Å². The SMILES string of the molecule is CCn1c(SCc2ccc(Cl)cc2)nnc1C(C)Oc1ccccc1Cl. The summed E-state index contributed by atoms with van der Waals surface area (Å²) >= 11 is 13.8. The third-order valence-electron chi connectivity index (χ3n) is 3.85. The molecule has 0 amide bonds. The van der Waals surface area contributed by atoms with Gasteiger partial charge in [0.1, 0.15) is 5.75 Å². The molecule has 0 aliphatic rings. The van der Waals surface area contributed by atoms with Gasteiger partial charge in [-0.1, -0.05) is 59.2 Å². The zero-order chi connectivity index (χ0) is 18.5. The van der Waals surface area contributed by atoms with Crippen molar-refractivity contribution in [2.75, 3.05) is 0 Å². The van der Waals surface area contributed by atoms with E-state index in [0.29, 0.717) is 10.8 Å². The van der Waals surface area contributed by atoms with E-state index in [4.69, 9.17) is 27.9 Å². The molecule has 136 valence electrons. The number of para-hydroxylation sites is 1. The number of ether oxygens (including phenoxy) is 1. The van der Waals surface area contributed by atoms with E-state index in [-0.39, 0.29) is 6.10 Å². The maximum absolute atomic E-state index is 6.18. The zero-order valence-electron chi connectivity index (χ0n) is 14.5. The standard InChI is InChI=1S/C19H19Cl2N3OS/c1-3-24-18(13(2)25-17-7-5-4-6-16(17)21)22-23-19(24)26-12-14-8-10-15(20)11-9-14/h4-11,13H,3,12H2,1-2H3. The Morgan fingerprint density at radius 2 is 1.81 bits per heavy atom. The summed E-state index contributed by atoms with van der Waals surface area (Å²) in [6.45, 7) is 4.79. The van der Waals surface area contributed by atoms with Crippen molar-refractivity contribution in [3.8, 4) is 5.75 Å². The molecule has 1 atom stereocenters. The largest absolute Gasteiger partial charge is 0.481 e. The summed E-state index contributed by atoms with van der Waals surface area (Å²) in [5.41, 5.74) is 1.19. The van der Waals surface area contributed by atoms with Gasteiger partial charge in [0, 0.05) is 17.3 Å². The number of nitrogens with zero attached hydrogens (tertiary/aromatic N) is 3. The van der Waals surface area contributed by atoms with Crippen molar-refractivity contribution >= 4 is 35.0 Å². The molecule has 3 rings (SSSR count). The van der Waals surface area contributed by atoms with Crippen LogP contribution in [0.4, 0.5) is 0 Å². The van der Waals surface area contributed by atoms with Gasteiger partial charge in [0.15, 0.2) is 17.1 Å². The van der Waals surface area contributed by atoms with Crippen LogP contribution >= 0.6 is 35.0 Å². The number of rotatable bonds is 7. The number of thioether (sulfide) groups is 1. The van der Waals surface area contributed by atoms with Crippen LogP contribution in [0, 0.1) is 0 Å². The molecule has 0 spiro atoms. The van der Waals surface area contributed by atoms with Gasteiger partial charge in [-0.05, 0) is 43.7 Å². The number of hydrogen-bond donors (Lipinski definition) is 0. The minimum absolute atomic E-state index is 0.257. The quantitative estimate of drug-likeness (QED) is 0.447. The van der Waals surface area contributed by atoms with E-state index in [2.05, 4.69) is 21.7 Å². The summed E-state index contributed by atoms with van der Waals surface area (Å²) < 4.78 is 8.06. The Hall–Kier alpha value is -1.69. The van der Waals surface area contributed by atoms with Crippen molar-refractivity contribution < 1.29 is 4.74 Å². The highest BCUT2D eigenvalue weighted by Gasteiger charge is 2.19. The highest BCUT2D eigenvalue weighted by molar-refractivity contribution is 7.98. The number of halogens is 2. The van der Waals surface area contributed by atoms with Gasteiger partial charge in [-0.2, -0.15) is 0 Å². The smallest absolute Gasteiger partial charge is 0.191 e. The molecule has 0 fully saturated rings. The first-order valence-corrected chi connectivity index (χ1v) is 10.0. The first-order valence-electron chi connectivity index (χ1n) is 8.30. The van der Waals surface area contributed by atoms with E-state index in [1.807, 2.05) is 55.5 Å². The first-order chi connectivity index (χ1) is 12.6. The summed E-state index contributed by atoms with van der Waals surface area (Å²) in [4.78, 5) is 0. The maximum Gasteiger partial charge on any atom is 0.191 e.